The number of nitriles is 1. The van der Waals surface area contributed by atoms with Gasteiger partial charge in [-0.2, -0.15) is 5.26 Å². The fourth-order valence-corrected chi connectivity index (χ4v) is 3.13. The highest BCUT2D eigenvalue weighted by Gasteiger charge is 2.41. The molecule has 0 saturated heterocycles. The van der Waals surface area contributed by atoms with Crippen LogP contribution in [-0.2, 0) is 0 Å². The SMILES string of the molecule is Cc1cc(F)ccc1OC1CCCC(C#N)(NC2CC2)C1. The minimum atomic E-state index is -0.446. The van der Waals surface area contributed by atoms with Crippen LogP contribution in [0.2, 0.25) is 0 Å². The van der Waals surface area contributed by atoms with Gasteiger partial charge in [0.25, 0.3) is 0 Å². The molecule has 3 nitrogen and oxygen atoms in total. The zero-order valence-electron chi connectivity index (χ0n) is 12.4. The van der Waals surface area contributed by atoms with Crippen LogP contribution in [-0.4, -0.2) is 17.7 Å². The molecule has 1 aromatic carbocycles. The minimum Gasteiger partial charge on any atom is -0.490 e. The molecule has 2 unspecified atom stereocenters. The van der Waals surface area contributed by atoms with Crippen LogP contribution < -0.4 is 10.1 Å². The molecule has 2 aliphatic carbocycles. The van der Waals surface area contributed by atoms with Gasteiger partial charge in [-0.1, -0.05) is 0 Å². The maximum Gasteiger partial charge on any atom is 0.123 e. The largest absolute Gasteiger partial charge is 0.490 e. The quantitative estimate of drug-likeness (QED) is 0.922. The summed E-state index contributed by atoms with van der Waals surface area (Å²) in [5.74, 6) is 0.479. The lowest BCUT2D eigenvalue weighted by Gasteiger charge is -2.36. The molecule has 2 fully saturated rings. The number of nitrogens with one attached hydrogen (secondary N) is 1. The fraction of sp³-hybridized carbons (Fsp3) is 0.588. The number of ether oxygens (including phenoxy) is 1. The third-order valence-corrected chi connectivity index (χ3v) is 4.41. The zero-order valence-corrected chi connectivity index (χ0v) is 12.4. The van der Waals surface area contributed by atoms with Gasteiger partial charge in [-0.3, -0.25) is 5.32 Å². The second-order valence-corrected chi connectivity index (χ2v) is 6.36. The summed E-state index contributed by atoms with van der Waals surface area (Å²) in [5.41, 5.74) is 0.358. The van der Waals surface area contributed by atoms with Crippen molar-refractivity contribution >= 4 is 0 Å². The maximum absolute atomic E-state index is 13.1. The van der Waals surface area contributed by atoms with Crippen molar-refractivity contribution < 1.29 is 9.13 Å². The average molecular weight is 288 g/mol. The first-order valence-electron chi connectivity index (χ1n) is 7.72. The Morgan fingerprint density at radius 1 is 1.38 bits per heavy atom. The van der Waals surface area contributed by atoms with Gasteiger partial charge in [0, 0.05) is 12.5 Å². The number of rotatable bonds is 4. The topological polar surface area (TPSA) is 45.0 Å². The van der Waals surface area contributed by atoms with Crippen molar-refractivity contribution in [3.63, 3.8) is 0 Å². The molecule has 21 heavy (non-hydrogen) atoms. The summed E-state index contributed by atoms with van der Waals surface area (Å²) in [6.45, 7) is 1.85. The molecule has 2 saturated carbocycles. The molecular formula is C17H21FN2O. The van der Waals surface area contributed by atoms with Gasteiger partial charge in [0.05, 0.1) is 6.07 Å². The summed E-state index contributed by atoms with van der Waals surface area (Å²) in [7, 11) is 0. The molecule has 4 heteroatoms. The van der Waals surface area contributed by atoms with E-state index in [9.17, 15) is 9.65 Å². The van der Waals surface area contributed by atoms with E-state index in [4.69, 9.17) is 4.74 Å². The van der Waals surface area contributed by atoms with E-state index in [2.05, 4.69) is 11.4 Å². The van der Waals surface area contributed by atoms with E-state index < -0.39 is 5.54 Å². The highest BCUT2D eigenvalue weighted by molar-refractivity contribution is 5.33. The van der Waals surface area contributed by atoms with Crippen LogP contribution in [0, 0.1) is 24.1 Å². The molecular weight excluding hydrogens is 267 g/mol. The lowest BCUT2D eigenvalue weighted by atomic mass is 9.81. The predicted octanol–water partition coefficient (Wildman–Crippen LogP) is 3.47. The monoisotopic (exact) mass is 288 g/mol. The van der Waals surface area contributed by atoms with E-state index in [1.165, 1.54) is 25.0 Å². The van der Waals surface area contributed by atoms with E-state index in [1.807, 2.05) is 6.92 Å². The summed E-state index contributed by atoms with van der Waals surface area (Å²) in [5, 5.41) is 13.1. The molecule has 0 bridgehead atoms. The molecule has 0 aliphatic heterocycles. The molecule has 0 heterocycles. The lowest BCUT2D eigenvalue weighted by molar-refractivity contribution is 0.111. The number of halogens is 1. The van der Waals surface area contributed by atoms with Crippen LogP contribution in [0.4, 0.5) is 4.39 Å². The Morgan fingerprint density at radius 2 is 2.19 bits per heavy atom. The molecule has 3 rings (SSSR count). The summed E-state index contributed by atoms with van der Waals surface area (Å²) in [6.07, 6.45) is 5.90. The summed E-state index contributed by atoms with van der Waals surface area (Å²) >= 11 is 0. The predicted molar refractivity (Wildman–Crippen MR) is 78.5 cm³/mol. The number of nitrogens with zero attached hydrogens (tertiary/aromatic N) is 1. The average Bonchev–Trinajstić information content (AvgIpc) is 3.26. The first-order chi connectivity index (χ1) is 10.1. The number of hydrogen-bond donors (Lipinski definition) is 1. The Hall–Kier alpha value is -1.60. The van der Waals surface area contributed by atoms with E-state index >= 15 is 0 Å². The lowest BCUT2D eigenvalue weighted by Crippen LogP contribution is -2.50. The van der Waals surface area contributed by atoms with Crippen molar-refractivity contribution in [2.75, 3.05) is 0 Å². The highest BCUT2D eigenvalue weighted by Crippen LogP contribution is 2.34. The normalized spacial score (nSPS) is 28.9. The van der Waals surface area contributed by atoms with E-state index in [1.54, 1.807) is 6.07 Å². The van der Waals surface area contributed by atoms with Crippen LogP contribution in [0.3, 0.4) is 0 Å². The summed E-state index contributed by atoms with van der Waals surface area (Å²) < 4.78 is 19.2. The first kappa shape index (κ1) is 14.3. The Labute approximate surface area is 125 Å². The zero-order chi connectivity index (χ0) is 14.9. The molecule has 0 aromatic heterocycles. The molecule has 1 N–H and O–H groups in total. The standard InChI is InChI=1S/C17H21FN2O/c1-12-9-13(18)4-7-16(12)21-15-3-2-8-17(10-15,11-19)20-14-5-6-14/h4,7,9,14-15,20H,2-3,5-6,8,10H2,1H3. The highest BCUT2D eigenvalue weighted by atomic mass is 19.1. The van der Waals surface area contributed by atoms with Crippen molar-refractivity contribution in [1.29, 1.82) is 5.26 Å². The van der Waals surface area contributed by atoms with Crippen LogP contribution >= 0.6 is 0 Å². The van der Waals surface area contributed by atoms with Gasteiger partial charge in [-0.15, -0.1) is 0 Å². The first-order valence-corrected chi connectivity index (χ1v) is 7.72. The number of benzene rings is 1. The van der Waals surface area contributed by atoms with Crippen molar-refractivity contribution in [2.24, 2.45) is 0 Å². The van der Waals surface area contributed by atoms with Gasteiger partial charge < -0.3 is 4.74 Å². The Morgan fingerprint density at radius 3 is 2.86 bits per heavy atom. The van der Waals surface area contributed by atoms with E-state index in [0.717, 1.165) is 30.6 Å². The molecule has 0 radical (unpaired) electrons. The molecule has 112 valence electrons. The van der Waals surface area contributed by atoms with Crippen LogP contribution in [0.5, 0.6) is 5.75 Å². The maximum atomic E-state index is 13.1. The van der Waals surface area contributed by atoms with Gasteiger partial charge in [-0.25, -0.2) is 4.39 Å². The number of hydrogen-bond acceptors (Lipinski definition) is 3. The Bertz CT molecular complexity index is 564. The second-order valence-electron chi connectivity index (χ2n) is 6.36. The molecule has 1 aromatic rings. The smallest absolute Gasteiger partial charge is 0.123 e. The Balaban J connectivity index is 1.69. The van der Waals surface area contributed by atoms with E-state index in [-0.39, 0.29) is 11.9 Å². The van der Waals surface area contributed by atoms with Crippen LogP contribution in [0.25, 0.3) is 0 Å². The molecule has 2 atom stereocenters. The summed E-state index contributed by atoms with van der Waals surface area (Å²) in [4.78, 5) is 0. The molecule has 0 spiro atoms. The van der Waals surface area contributed by atoms with Crippen LogP contribution in [0.15, 0.2) is 18.2 Å². The minimum absolute atomic E-state index is 0.0220. The Kier molecular flexibility index (Phi) is 3.86. The second kappa shape index (κ2) is 5.65. The number of aryl methyl sites for hydroxylation is 1. The van der Waals surface area contributed by atoms with Crippen molar-refractivity contribution in [3.8, 4) is 11.8 Å². The van der Waals surface area contributed by atoms with Gasteiger partial charge in [0.1, 0.15) is 23.2 Å². The van der Waals surface area contributed by atoms with Gasteiger partial charge in [-0.05, 0) is 62.8 Å². The van der Waals surface area contributed by atoms with Crippen molar-refractivity contribution in [1.82, 2.24) is 5.32 Å². The fourth-order valence-electron chi connectivity index (χ4n) is 3.13. The summed E-state index contributed by atoms with van der Waals surface area (Å²) in [6, 6.07) is 7.58. The van der Waals surface area contributed by atoms with E-state index in [0.29, 0.717) is 12.5 Å². The van der Waals surface area contributed by atoms with Crippen molar-refractivity contribution in [2.45, 2.75) is 63.1 Å². The van der Waals surface area contributed by atoms with Gasteiger partial charge in [0.15, 0.2) is 0 Å². The third kappa shape index (κ3) is 3.36. The van der Waals surface area contributed by atoms with Gasteiger partial charge in [0.2, 0.25) is 0 Å². The molecule has 2 aliphatic rings. The van der Waals surface area contributed by atoms with Crippen molar-refractivity contribution in [3.05, 3.63) is 29.6 Å². The third-order valence-electron chi connectivity index (χ3n) is 4.41. The van der Waals surface area contributed by atoms with Crippen LogP contribution in [0.1, 0.15) is 44.1 Å². The molecule has 0 amide bonds. The van der Waals surface area contributed by atoms with Gasteiger partial charge >= 0.3 is 0 Å².